The highest BCUT2D eigenvalue weighted by molar-refractivity contribution is 6.11. The minimum Gasteiger partial charge on any atom is -0.496 e. The van der Waals surface area contributed by atoms with E-state index in [1.807, 2.05) is 48.0 Å². The summed E-state index contributed by atoms with van der Waals surface area (Å²) < 4.78 is 13.0. The minimum atomic E-state index is -0.367. The summed E-state index contributed by atoms with van der Waals surface area (Å²) in [6.07, 6.45) is 6.98. The molecule has 0 unspecified atom stereocenters. The van der Waals surface area contributed by atoms with Crippen LogP contribution in [-0.2, 0) is 11.8 Å². The number of hydrogen-bond acceptors (Lipinski definition) is 5. The van der Waals surface area contributed by atoms with Gasteiger partial charge < -0.3 is 14.0 Å². The second-order valence-electron chi connectivity index (χ2n) is 6.56. The summed E-state index contributed by atoms with van der Waals surface area (Å²) in [5, 5.41) is 0.772. The van der Waals surface area contributed by atoms with Crippen molar-refractivity contribution in [3.8, 4) is 28.1 Å². The number of methoxy groups -OCH3 is 1. The molecule has 0 atom stereocenters. The fraction of sp³-hybridized carbons (Fsp3) is 0.174. The van der Waals surface area contributed by atoms with E-state index in [0.29, 0.717) is 17.9 Å². The molecule has 0 N–H and O–H groups in total. The molecule has 4 rings (SSSR count). The van der Waals surface area contributed by atoms with Gasteiger partial charge in [-0.15, -0.1) is 0 Å². The first kappa shape index (κ1) is 18.7. The van der Waals surface area contributed by atoms with Gasteiger partial charge in [-0.25, -0.2) is 4.79 Å². The zero-order valence-corrected chi connectivity index (χ0v) is 16.5. The van der Waals surface area contributed by atoms with Crippen molar-refractivity contribution in [1.82, 2.24) is 14.5 Å². The highest BCUT2D eigenvalue weighted by Crippen LogP contribution is 2.40. The van der Waals surface area contributed by atoms with Gasteiger partial charge in [-0.2, -0.15) is 0 Å². The van der Waals surface area contributed by atoms with Gasteiger partial charge in [0.1, 0.15) is 5.75 Å². The van der Waals surface area contributed by atoms with Crippen LogP contribution in [0.2, 0.25) is 0 Å². The van der Waals surface area contributed by atoms with E-state index in [4.69, 9.17) is 9.47 Å². The largest absolute Gasteiger partial charge is 0.496 e. The van der Waals surface area contributed by atoms with Gasteiger partial charge in [-0.1, -0.05) is 6.07 Å². The lowest BCUT2D eigenvalue weighted by atomic mass is 10.0. The number of carbonyl (C=O) groups is 1. The normalized spacial score (nSPS) is 10.9. The Labute approximate surface area is 168 Å². The quantitative estimate of drug-likeness (QED) is 0.472. The second-order valence-corrected chi connectivity index (χ2v) is 6.56. The van der Waals surface area contributed by atoms with E-state index < -0.39 is 0 Å². The van der Waals surface area contributed by atoms with Crippen molar-refractivity contribution < 1.29 is 14.3 Å². The number of hydrogen-bond donors (Lipinski definition) is 0. The van der Waals surface area contributed by atoms with Crippen LogP contribution in [0.1, 0.15) is 17.3 Å². The Balaban J connectivity index is 2.06. The number of fused-ring (bicyclic) bond motifs is 1. The lowest BCUT2D eigenvalue weighted by Gasteiger charge is -2.10. The molecule has 6 heteroatoms. The molecule has 0 aliphatic rings. The lowest BCUT2D eigenvalue weighted by molar-refractivity contribution is 0.0529. The maximum absolute atomic E-state index is 12.9. The Morgan fingerprint density at radius 3 is 2.34 bits per heavy atom. The molecule has 0 radical (unpaired) electrons. The van der Waals surface area contributed by atoms with E-state index in [1.54, 1.807) is 38.8 Å². The Bertz CT molecular complexity index is 1170. The van der Waals surface area contributed by atoms with Crippen LogP contribution >= 0.6 is 0 Å². The summed E-state index contributed by atoms with van der Waals surface area (Å²) in [4.78, 5) is 21.4. The first-order valence-corrected chi connectivity index (χ1v) is 9.34. The average molecular weight is 387 g/mol. The van der Waals surface area contributed by atoms with Crippen LogP contribution in [0, 0.1) is 0 Å². The van der Waals surface area contributed by atoms with E-state index in [0.717, 1.165) is 33.3 Å². The van der Waals surface area contributed by atoms with E-state index in [2.05, 4.69) is 9.97 Å². The van der Waals surface area contributed by atoms with Gasteiger partial charge >= 0.3 is 5.97 Å². The van der Waals surface area contributed by atoms with Crippen LogP contribution in [-0.4, -0.2) is 34.2 Å². The number of benzene rings is 1. The summed E-state index contributed by atoms with van der Waals surface area (Å²) >= 11 is 0. The molecule has 0 aliphatic carbocycles. The zero-order valence-electron chi connectivity index (χ0n) is 16.5. The van der Waals surface area contributed by atoms with Crippen LogP contribution in [0.25, 0.3) is 33.3 Å². The third-order valence-electron chi connectivity index (χ3n) is 4.91. The molecular weight excluding hydrogens is 366 g/mol. The predicted molar refractivity (Wildman–Crippen MR) is 112 cm³/mol. The number of ether oxygens (including phenoxy) is 2. The molecule has 6 nitrogen and oxygen atoms in total. The molecule has 0 spiro atoms. The number of pyridine rings is 2. The van der Waals surface area contributed by atoms with Crippen LogP contribution in [0.4, 0.5) is 0 Å². The molecule has 0 aliphatic heterocycles. The molecule has 0 fully saturated rings. The van der Waals surface area contributed by atoms with Crippen LogP contribution in [0.15, 0.2) is 61.2 Å². The first-order valence-electron chi connectivity index (χ1n) is 9.34. The van der Waals surface area contributed by atoms with Crippen molar-refractivity contribution in [2.75, 3.05) is 13.7 Å². The molecule has 146 valence electrons. The van der Waals surface area contributed by atoms with E-state index >= 15 is 0 Å². The maximum atomic E-state index is 12.9. The number of aromatic nitrogens is 3. The van der Waals surface area contributed by atoms with E-state index in [1.165, 1.54) is 0 Å². The fourth-order valence-corrected chi connectivity index (χ4v) is 3.63. The van der Waals surface area contributed by atoms with E-state index in [9.17, 15) is 4.79 Å². The summed E-state index contributed by atoms with van der Waals surface area (Å²) in [5.41, 5.74) is 4.85. The highest BCUT2D eigenvalue weighted by Gasteiger charge is 2.25. The third-order valence-corrected chi connectivity index (χ3v) is 4.91. The van der Waals surface area contributed by atoms with Gasteiger partial charge in [0.25, 0.3) is 0 Å². The smallest absolute Gasteiger partial charge is 0.340 e. The topological polar surface area (TPSA) is 66.2 Å². The Hall–Kier alpha value is -3.67. The van der Waals surface area contributed by atoms with Gasteiger partial charge in [0, 0.05) is 53.9 Å². The maximum Gasteiger partial charge on any atom is 0.340 e. The van der Waals surface area contributed by atoms with Crippen molar-refractivity contribution in [3.05, 3.63) is 66.7 Å². The van der Waals surface area contributed by atoms with Gasteiger partial charge in [0.05, 0.1) is 30.5 Å². The minimum absolute atomic E-state index is 0.298. The summed E-state index contributed by atoms with van der Waals surface area (Å²) in [6.45, 7) is 2.10. The summed E-state index contributed by atoms with van der Waals surface area (Å²) in [6, 6.07) is 11.6. The summed E-state index contributed by atoms with van der Waals surface area (Å²) in [5.74, 6) is 0.299. The van der Waals surface area contributed by atoms with Crippen LogP contribution < -0.4 is 4.74 Å². The molecule has 1 aromatic carbocycles. The van der Waals surface area contributed by atoms with Crippen molar-refractivity contribution >= 4 is 16.9 Å². The van der Waals surface area contributed by atoms with Gasteiger partial charge in [0.15, 0.2) is 0 Å². The van der Waals surface area contributed by atoms with Crippen molar-refractivity contribution in [1.29, 1.82) is 0 Å². The van der Waals surface area contributed by atoms with E-state index in [-0.39, 0.29) is 5.97 Å². The number of carbonyl (C=O) groups excluding carboxylic acids is 1. The Morgan fingerprint density at radius 2 is 1.76 bits per heavy atom. The Morgan fingerprint density at radius 1 is 1.07 bits per heavy atom. The molecular formula is C23H21N3O3. The van der Waals surface area contributed by atoms with Gasteiger partial charge in [0.2, 0.25) is 0 Å². The molecule has 3 heterocycles. The number of aryl methyl sites for hydroxylation is 1. The molecule has 29 heavy (non-hydrogen) atoms. The predicted octanol–water partition coefficient (Wildman–Crippen LogP) is 4.49. The molecule has 0 amide bonds. The molecule has 0 saturated heterocycles. The van der Waals surface area contributed by atoms with Gasteiger partial charge in [-0.3, -0.25) is 9.97 Å². The monoisotopic (exact) mass is 387 g/mol. The first-order chi connectivity index (χ1) is 14.2. The van der Waals surface area contributed by atoms with Crippen LogP contribution in [0.5, 0.6) is 5.75 Å². The summed E-state index contributed by atoms with van der Waals surface area (Å²) in [7, 11) is 3.56. The molecule has 3 aromatic heterocycles. The van der Waals surface area contributed by atoms with Crippen LogP contribution in [0.3, 0.4) is 0 Å². The van der Waals surface area contributed by atoms with Crippen molar-refractivity contribution in [2.24, 2.45) is 7.05 Å². The third kappa shape index (κ3) is 3.23. The zero-order chi connectivity index (χ0) is 20.4. The number of nitrogens with zero attached hydrogens (tertiary/aromatic N) is 3. The lowest BCUT2D eigenvalue weighted by Crippen LogP contribution is -2.06. The molecule has 4 aromatic rings. The second kappa shape index (κ2) is 7.75. The highest BCUT2D eigenvalue weighted by atomic mass is 16.5. The SMILES string of the molecule is CCOC(=O)c1c(-c2cccnc2)n(C)c2cc(-c3cccnc3)c(OC)cc12. The number of rotatable bonds is 5. The standard InChI is InChI=1S/C23H21N3O3/c1-4-29-23(27)21-18-12-20(28-3)17(15-7-5-9-24-13-15)11-19(18)26(2)22(21)16-8-6-10-25-14-16/h5-14H,4H2,1-3H3. The Kier molecular flexibility index (Phi) is 4.99. The molecule has 0 bridgehead atoms. The van der Waals surface area contributed by atoms with Crippen molar-refractivity contribution in [3.63, 3.8) is 0 Å². The number of esters is 1. The van der Waals surface area contributed by atoms with Crippen molar-refractivity contribution in [2.45, 2.75) is 6.92 Å². The fourth-order valence-electron chi connectivity index (χ4n) is 3.63. The average Bonchev–Trinajstić information content (AvgIpc) is 3.06. The molecule has 0 saturated carbocycles. The van der Waals surface area contributed by atoms with Gasteiger partial charge in [-0.05, 0) is 37.3 Å².